The highest BCUT2D eigenvalue weighted by molar-refractivity contribution is 6.31. The molecule has 1 heterocycles. The van der Waals surface area contributed by atoms with Crippen molar-refractivity contribution in [3.63, 3.8) is 0 Å². The highest BCUT2D eigenvalue weighted by Crippen LogP contribution is 2.18. The predicted molar refractivity (Wildman–Crippen MR) is 58.1 cm³/mol. The lowest BCUT2D eigenvalue weighted by atomic mass is 10.1. The van der Waals surface area contributed by atoms with Crippen LogP contribution in [0.15, 0.2) is 18.2 Å². The van der Waals surface area contributed by atoms with E-state index in [0.29, 0.717) is 23.7 Å². The van der Waals surface area contributed by atoms with Gasteiger partial charge in [-0.1, -0.05) is 11.6 Å². The summed E-state index contributed by atoms with van der Waals surface area (Å²) in [6.45, 7) is 2.74. The molecule has 0 bridgehead atoms. The Morgan fingerprint density at radius 1 is 1.47 bits per heavy atom. The summed E-state index contributed by atoms with van der Waals surface area (Å²) >= 11 is 5.87. The standard InChI is InChI=1S/C11H12ClNO2/c1-7-2-8(4-9(12)3-7)11(15)13-5-10(14)6-13/h2-4,10,14H,5-6H2,1H3. The summed E-state index contributed by atoms with van der Waals surface area (Å²) in [6, 6.07) is 5.27. The van der Waals surface area contributed by atoms with Crippen molar-refractivity contribution in [1.29, 1.82) is 0 Å². The smallest absolute Gasteiger partial charge is 0.254 e. The lowest BCUT2D eigenvalue weighted by Crippen LogP contribution is -2.53. The van der Waals surface area contributed by atoms with E-state index >= 15 is 0 Å². The Morgan fingerprint density at radius 3 is 2.67 bits per heavy atom. The molecule has 0 atom stereocenters. The molecule has 1 amide bonds. The number of aliphatic hydroxyl groups is 1. The first-order valence-electron chi connectivity index (χ1n) is 4.81. The third kappa shape index (κ3) is 2.13. The molecule has 1 aliphatic rings. The molecule has 2 rings (SSSR count). The molecule has 15 heavy (non-hydrogen) atoms. The predicted octanol–water partition coefficient (Wildman–Crippen LogP) is 1.47. The number of aryl methyl sites for hydroxylation is 1. The van der Waals surface area contributed by atoms with Crippen molar-refractivity contribution in [1.82, 2.24) is 4.90 Å². The Bertz CT molecular complexity index is 379. The molecular weight excluding hydrogens is 214 g/mol. The topological polar surface area (TPSA) is 40.5 Å². The van der Waals surface area contributed by atoms with Gasteiger partial charge in [-0.25, -0.2) is 0 Å². The van der Waals surface area contributed by atoms with Crippen molar-refractivity contribution < 1.29 is 9.90 Å². The number of β-amino-alcohol motifs (C(OH)–C–C–N with tert-alkyl or cyclic N) is 1. The molecule has 1 N–H and O–H groups in total. The maximum atomic E-state index is 11.8. The maximum Gasteiger partial charge on any atom is 0.254 e. The minimum Gasteiger partial charge on any atom is -0.389 e. The summed E-state index contributed by atoms with van der Waals surface area (Å²) in [7, 11) is 0. The van der Waals surface area contributed by atoms with Gasteiger partial charge in [0, 0.05) is 23.7 Å². The molecule has 1 saturated heterocycles. The molecule has 0 radical (unpaired) electrons. The van der Waals surface area contributed by atoms with E-state index in [1.165, 1.54) is 0 Å². The summed E-state index contributed by atoms with van der Waals surface area (Å²) in [5, 5.41) is 9.67. The van der Waals surface area contributed by atoms with E-state index in [-0.39, 0.29) is 12.0 Å². The molecule has 80 valence electrons. The third-order valence-corrected chi connectivity index (χ3v) is 2.66. The van der Waals surface area contributed by atoms with Crippen LogP contribution in [0, 0.1) is 6.92 Å². The molecular formula is C11H12ClNO2. The quantitative estimate of drug-likeness (QED) is 0.786. The van der Waals surface area contributed by atoms with Crippen molar-refractivity contribution in [3.05, 3.63) is 34.3 Å². The van der Waals surface area contributed by atoms with Gasteiger partial charge in [-0.2, -0.15) is 0 Å². The zero-order valence-corrected chi connectivity index (χ0v) is 9.16. The second-order valence-corrected chi connectivity index (χ2v) is 4.32. The SMILES string of the molecule is Cc1cc(Cl)cc(C(=O)N2CC(O)C2)c1. The zero-order chi connectivity index (χ0) is 11.0. The van der Waals surface area contributed by atoms with Crippen LogP contribution < -0.4 is 0 Å². The first-order chi connectivity index (χ1) is 7.06. The van der Waals surface area contributed by atoms with Crippen LogP contribution in [-0.4, -0.2) is 35.1 Å². The van der Waals surface area contributed by atoms with E-state index in [9.17, 15) is 4.79 Å². The molecule has 1 aromatic carbocycles. The van der Waals surface area contributed by atoms with E-state index in [1.54, 1.807) is 17.0 Å². The Morgan fingerprint density at radius 2 is 2.13 bits per heavy atom. The number of nitrogens with zero attached hydrogens (tertiary/aromatic N) is 1. The highest BCUT2D eigenvalue weighted by Gasteiger charge is 2.29. The van der Waals surface area contributed by atoms with Gasteiger partial charge in [-0.05, 0) is 30.7 Å². The van der Waals surface area contributed by atoms with Gasteiger partial charge >= 0.3 is 0 Å². The number of carbonyl (C=O) groups excluding carboxylic acids is 1. The number of halogens is 1. The second kappa shape index (κ2) is 3.83. The maximum absolute atomic E-state index is 11.8. The largest absolute Gasteiger partial charge is 0.389 e. The summed E-state index contributed by atoms with van der Waals surface area (Å²) in [5.41, 5.74) is 1.55. The van der Waals surface area contributed by atoms with Gasteiger partial charge in [0.25, 0.3) is 5.91 Å². The molecule has 0 saturated carbocycles. The minimum atomic E-state index is -0.366. The van der Waals surface area contributed by atoms with E-state index < -0.39 is 0 Å². The van der Waals surface area contributed by atoms with E-state index in [0.717, 1.165) is 5.56 Å². The first kappa shape index (κ1) is 10.5. The van der Waals surface area contributed by atoms with E-state index in [2.05, 4.69) is 0 Å². The second-order valence-electron chi connectivity index (χ2n) is 3.88. The summed E-state index contributed by atoms with van der Waals surface area (Å²) in [6.07, 6.45) is -0.366. The average Bonchev–Trinajstić information content (AvgIpc) is 2.10. The summed E-state index contributed by atoms with van der Waals surface area (Å²) in [4.78, 5) is 13.4. The molecule has 4 heteroatoms. The Balaban J connectivity index is 2.18. The summed E-state index contributed by atoms with van der Waals surface area (Å²) in [5.74, 6) is -0.0640. The van der Waals surface area contributed by atoms with Crippen LogP contribution >= 0.6 is 11.6 Å². The number of aliphatic hydroxyl groups excluding tert-OH is 1. The molecule has 1 fully saturated rings. The van der Waals surface area contributed by atoms with E-state index in [1.807, 2.05) is 13.0 Å². The number of likely N-dealkylation sites (tertiary alicyclic amines) is 1. The van der Waals surface area contributed by atoms with Crippen molar-refractivity contribution in [2.75, 3.05) is 13.1 Å². The van der Waals surface area contributed by atoms with E-state index in [4.69, 9.17) is 16.7 Å². The van der Waals surface area contributed by atoms with Crippen molar-refractivity contribution in [3.8, 4) is 0 Å². The number of carbonyl (C=O) groups is 1. The number of rotatable bonds is 1. The normalized spacial score (nSPS) is 16.3. The van der Waals surface area contributed by atoms with Gasteiger partial charge < -0.3 is 10.0 Å². The van der Waals surface area contributed by atoms with Crippen LogP contribution in [0.25, 0.3) is 0 Å². The lowest BCUT2D eigenvalue weighted by molar-refractivity contribution is 0.00589. The number of benzene rings is 1. The fourth-order valence-corrected chi connectivity index (χ4v) is 1.95. The third-order valence-electron chi connectivity index (χ3n) is 2.44. The molecule has 1 aromatic rings. The highest BCUT2D eigenvalue weighted by atomic mass is 35.5. The summed E-state index contributed by atoms with van der Waals surface area (Å²) < 4.78 is 0. The van der Waals surface area contributed by atoms with Gasteiger partial charge in [-0.3, -0.25) is 4.79 Å². The first-order valence-corrected chi connectivity index (χ1v) is 5.18. The van der Waals surface area contributed by atoms with Crippen molar-refractivity contribution >= 4 is 17.5 Å². The van der Waals surface area contributed by atoms with Crippen molar-refractivity contribution in [2.24, 2.45) is 0 Å². The van der Waals surface area contributed by atoms with Gasteiger partial charge in [-0.15, -0.1) is 0 Å². The number of hydrogen-bond acceptors (Lipinski definition) is 2. The van der Waals surface area contributed by atoms with Gasteiger partial charge in [0.2, 0.25) is 0 Å². The van der Waals surface area contributed by atoms with Crippen LogP contribution in [-0.2, 0) is 0 Å². The van der Waals surface area contributed by atoms with Crippen LogP contribution in [0.3, 0.4) is 0 Å². The minimum absolute atomic E-state index is 0.0640. The van der Waals surface area contributed by atoms with Crippen LogP contribution in [0.1, 0.15) is 15.9 Å². The fraction of sp³-hybridized carbons (Fsp3) is 0.364. The monoisotopic (exact) mass is 225 g/mol. The van der Waals surface area contributed by atoms with Crippen LogP contribution in [0.4, 0.5) is 0 Å². The van der Waals surface area contributed by atoms with Crippen LogP contribution in [0.2, 0.25) is 5.02 Å². The average molecular weight is 226 g/mol. The Labute approximate surface area is 93.3 Å². The molecule has 1 aliphatic heterocycles. The van der Waals surface area contributed by atoms with Crippen molar-refractivity contribution in [2.45, 2.75) is 13.0 Å². The molecule has 0 aliphatic carbocycles. The number of amides is 1. The zero-order valence-electron chi connectivity index (χ0n) is 8.40. The number of hydrogen-bond donors (Lipinski definition) is 1. The Kier molecular flexibility index (Phi) is 2.67. The molecule has 0 spiro atoms. The molecule has 3 nitrogen and oxygen atoms in total. The van der Waals surface area contributed by atoms with Gasteiger partial charge in [0.1, 0.15) is 0 Å². The molecule has 0 aromatic heterocycles. The van der Waals surface area contributed by atoms with Gasteiger partial charge in [0.05, 0.1) is 6.10 Å². The lowest BCUT2D eigenvalue weighted by Gasteiger charge is -2.35. The van der Waals surface area contributed by atoms with Crippen LogP contribution in [0.5, 0.6) is 0 Å². The Hall–Kier alpha value is -1.06. The van der Waals surface area contributed by atoms with Gasteiger partial charge in [0.15, 0.2) is 0 Å². The fourth-order valence-electron chi connectivity index (χ4n) is 1.66. The molecule has 0 unspecified atom stereocenters.